The van der Waals surface area contributed by atoms with Crippen molar-refractivity contribution in [3.63, 3.8) is 0 Å². The van der Waals surface area contributed by atoms with Crippen LogP contribution in [-0.2, 0) is 4.79 Å². The summed E-state index contributed by atoms with van der Waals surface area (Å²) in [6.07, 6.45) is 1.93. The summed E-state index contributed by atoms with van der Waals surface area (Å²) in [7, 11) is 0. The van der Waals surface area contributed by atoms with Crippen molar-refractivity contribution in [3.8, 4) is 0 Å². The maximum Gasteiger partial charge on any atom is 0.241 e. The standard InChI is InChI=1S/C14H19FN2O/c1-9-6-7-16-13(8-9)14(18)17-12-5-3-4-11(15)10(12)2/h3-5,9,13,16H,6-8H2,1-2H3,(H,17,18). The van der Waals surface area contributed by atoms with E-state index < -0.39 is 0 Å². The maximum atomic E-state index is 13.4. The zero-order valence-corrected chi connectivity index (χ0v) is 10.8. The average molecular weight is 250 g/mol. The van der Waals surface area contributed by atoms with Gasteiger partial charge in [0.1, 0.15) is 5.82 Å². The summed E-state index contributed by atoms with van der Waals surface area (Å²) in [5, 5.41) is 6.00. The maximum absolute atomic E-state index is 13.4. The fourth-order valence-corrected chi connectivity index (χ4v) is 2.27. The normalized spacial score (nSPS) is 23.7. The Bertz CT molecular complexity index is 447. The van der Waals surface area contributed by atoms with Crippen molar-refractivity contribution in [1.29, 1.82) is 0 Å². The van der Waals surface area contributed by atoms with Crippen molar-refractivity contribution >= 4 is 11.6 Å². The molecule has 1 saturated heterocycles. The van der Waals surface area contributed by atoms with Crippen LogP contribution in [0.1, 0.15) is 25.3 Å². The van der Waals surface area contributed by atoms with Gasteiger partial charge in [-0.15, -0.1) is 0 Å². The largest absolute Gasteiger partial charge is 0.324 e. The Morgan fingerprint density at radius 3 is 3.00 bits per heavy atom. The van der Waals surface area contributed by atoms with Gasteiger partial charge in [-0.2, -0.15) is 0 Å². The van der Waals surface area contributed by atoms with Gasteiger partial charge in [0.05, 0.1) is 6.04 Å². The van der Waals surface area contributed by atoms with E-state index in [2.05, 4.69) is 17.6 Å². The van der Waals surface area contributed by atoms with Crippen molar-refractivity contribution in [2.45, 2.75) is 32.7 Å². The minimum absolute atomic E-state index is 0.0738. The fourth-order valence-electron chi connectivity index (χ4n) is 2.27. The molecule has 2 atom stereocenters. The molecule has 0 spiro atoms. The highest BCUT2D eigenvalue weighted by Crippen LogP contribution is 2.20. The van der Waals surface area contributed by atoms with Crippen molar-refractivity contribution in [1.82, 2.24) is 5.32 Å². The number of hydrogen-bond donors (Lipinski definition) is 2. The van der Waals surface area contributed by atoms with Crippen LogP contribution in [0.25, 0.3) is 0 Å². The third kappa shape index (κ3) is 2.88. The number of halogens is 1. The van der Waals surface area contributed by atoms with Gasteiger partial charge < -0.3 is 10.6 Å². The first-order valence-corrected chi connectivity index (χ1v) is 6.37. The molecule has 4 heteroatoms. The number of hydrogen-bond acceptors (Lipinski definition) is 2. The summed E-state index contributed by atoms with van der Waals surface area (Å²) in [6, 6.07) is 4.56. The van der Waals surface area contributed by atoms with E-state index in [9.17, 15) is 9.18 Å². The van der Waals surface area contributed by atoms with Gasteiger partial charge in [0, 0.05) is 11.3 Å². The Balaban J connectivity index is 2.04. The van der Waals surface area contributed by atoms with Crippen molar-refractivity contribution in [2.24, 2.45) is 5.92 Å². The van der Waals surface area contributed by atoms with E-state index in [-0.39, 0.29) is 17.8 Å². The lowest BCUT2D eigenvalue weighted by Crippen LogP contribution is -2.45. The molecule has 0 bridgehead atoms. The van der Waals surface area contributed by atoms with E-state index in [1.807, 2.05) is 0 Å². The number of nitrogens with one attached hydrogen (secondary N) is 2. The number of anilines is 1. The Morgan fingerprint density at radius 1 is 1.50 bits per heavy atom. The summed E-state index contributed by atoms with van der Waals surface area (Å²) in [4.78, 5) is 12.1. The quantitative estimate of drug-likeness (QED) is 0.846. The SMILES string of the molecule is Cc1c(F)cccc1NC(=O)C1CC(C)CCN1. The molecule has 2 N–H and O–H groups in total. The number of piperidine rings is 1. The van der Waals surface area contributed by atoms with Crippen LogP contribution in [0.5, 0.6) is 0 Å². The van der Waals surface area contributed by atoms with Gasteiger partial charge in [-0.25, -0.2) is 4.39 Å². The summed E-state index contributed by atoms with van der Waals surface area (Å²) in [5.74, 6) is 0.184. The van der Waals surface area contributed by atoms with E-state index in [1.54, 1.807) is 19.1 Å². The minimum Gasteiger partial charge on any atom is -0.324 e. The van der Waals surface area contributed by atoms with Gasteiger partial charge >= 0.3 is 0 Å². The molecule has 1 amide bonds. The van der Waals surface area contributed by atoms with Crippen LogP contribution in [0.15, 0.2) is 18.2 Å². The second-order valence-corrected chi connectivity index (χ2v) is 5.04. The first kappa shape index (κ1) is 13.0. The lowest BCUT2D eigenvalue weighted by molar-refractivity contribution is -0.119. The van der Waals surface area contributed by atoms with Gasteiger partial charge in [-0.05, 0) is 44.4 Å². The third-order valence-electron chi connectivity index (χ3n) is 3.51. The molecule has 1 aromatic carbocycles. The van der Waals surface area contributed by atoms with E-state index in [0.717, 1.165) is 19.4 Å². The summed E-state index contributed by atoms with van der Waals surface area (Å²) in [5.41, 5.74) is 1.04. The van der Waals surface area contributed by atoms with Crippen LogP contribution < -0.4 is 10.6 Å². The monoisotopic (exact) mass is 250 g/mol. The number of amides is 1. The van der Waals surface area contributed by atoms with Crippen molar-refractivity contribution in [2.75, 3.05) is 11.9 Å². The van der Waals surface area contributed by atoms with Gasteiger partial charge in [0.15, 0.2) is 0 Å². The lowest BCUT2D eigenvalue weighted by atomic mass is 9.94. The predicted octanol–water partition coefficient (Wildman–Crippen LogP) is 2.46. The molecule has 98 valence electrons. The van der Waals surface area contributed by atoms with Gasteiger partial charge in [0.25, 0.3) is 0 Å². The Morgan fingerprint density at radius 2 is 2.28 bits per heavy atom. The van der Waals surface area contributed by atoms with E-state index in [1.165, 1.54) is 6.07 Å². The molecule has 1 aromatic rings. The summed E-state index contributed by atoms with van der Waals surface area (Å²) >= 11 is 0. The zero-order chi connectivity index (χ0) is 13.1. The second-order valence-electron chi connectivity index (χ2n) is 5.04. The molecule has 2 unspecified atom stereocenters. The highest BCUT2D eigenvalue weighted by molar-refractivity contribution is 5.95. The molecule has 0 aliphatic carbocycles. The fraction of sp³-hybridized carbons (Fsp3) is 0.500. The topological polar surface area (TPSA) is 41.1 Å². The van der Waals surface area contributed by atoms with E-state index in [4.69, 9.17) is 0 Å². The Labute approximate surface area is 107 Å². The van der Waals surface area contributed by atoms with Crippen LogP contribution in [0.4, 0.5) is 10.1 Å². The van der Waals surface area contributed by atoms with Gasteiger partial charge in [-0.1, -0.05) is 13.0 Å². The highest BCUT2D eigenvalue weighted by Gasteiger charge is 2.24. The molecule has 0 aromatic heterocycles. The summed E-state index contributed by atoms with van der Waals surface area (Å²) in [6.45, 7) is 4.68. The smallest absolute Gasteiger partial charge is 0.241 e. The number of benzene rings is 1. The number of rotatable bonds is 2. The van der Waals surface area contributed by atoms with Gasteiger partial charge in [-0.3, -0.25) is 4.79 Å². The molecule has 18 heavy (non-hydrogen) atoms. The second kappa shape index (κ2) is 5.48. The molecule has 1 heterocycles. The molecule has 0 radical (unpaired) electrons. The Kier molecular flexibility index (Phi) is 3.97. The van der Waals surface area contributed by atoms with Crippen LogP contribution in [0.2, 0.25) is 0 Å². The van der Waals surface area contributed by atoms with Crippen molar-refractivity contribution < 1.29 is 9.18 Å². The minimum atomic E-state index is -0.294. The first-order chi connectivity index (χ1) is 8.58. The highest BCUT2D eigenvalue weighted by atomic mass is 19.1. The lowest BCUT2D eigenvalue weighted by Gasteiger charge is -2.27. The third-order valence-corrected chi connectivity index (χ3v) is 3.51. The molecule has 2 rings (SSSR count). The molecule has 0 saturated carbocycles. The zero-order valence-electron chi connectivity index (χ0n) is 10.8. The van der Waals surface area contributed by atoms with E-state index >= 15 is 0 Å². The van der Waals surface area contributed by atoms with Crippen LogP contribution in [-0.4, -0.2) is 18.5 Å². The Hall–Kier alpha value is -1.42. The van der Waals surface area contributed by atoms with E-state index in [0.29, 0.717) is 17.2 Å². The number of carbonyl (C=O) groups is 1. The molecule has 1 fully saturated rings. The van der Waals surface area contributed by atoms with Gasteiger partial charge in [0.2, 0.25) is 5.91 Å². The molecular weight excluding hydrogens is 231 g/mol. The summed E-state index contributed by atoms with van der Waals surface area (Å²) < 4.78 is 13.4. The average Bonchev–Trinajstić information content (AvgIpc) is 2.35. The van der Waals surface area contributed by atoms with Crippen LogP contribution in [0.3, 0.4) is 0 Å². The first-order valence-electron chi connectivity index (χ1n) is 6.37. The predicted molar refractivity (Wildman–Crippen MR) is 70.0 cm³/mol. The molecule has 3 nitrogen and oxygen atoms in total. The molecule has 1 aliphatic rings. The van der Waals surface area contributed by atoms with Crippen LogP contribution in [0, 0.1) is 18.7 Å². The van der Waals surface area contributed by atoms with Crippen LogP contribution >= 0.6 is 0 Å². The van der Waals surface area contributed by atoms with Crippen molar-refractivity contribution in [3.05, 3.63) is 29.6 Å². The molecule has 1 aliphatic heterocycles. The number of carbonyl (C=O) groups excluding carboxylic acids is 1. The molecular formula is C14H19FN2O.